The lowest BCUT2D eigenvalue weighted by Gasteiger charge is -2.25. The first kappa shape index (κ1) is 14.6. The normalized spacial score (nSPS) is 10.7. The Hall–Kier alpha value is -2.42. The molecule has 0 saturated heterocycles. The van der Waals surface area contributed by atoms with Gasteiger partial charge in [0.25, 0.3) is 0 Å². The van der Waals surface area contributed by atoms with Crippen molar-refractivity contribution in [3.8, 4) is 6.07 Å². The van der Waals surface area contributed by atoms with E-state index in [1.807, 2.05) is 0 Å². The molecule has 0 spiro atoms. The third kappa shape index (κ3) is 4.07. The summed E-state index contributed by atoms with van der Waals surface area (Å²) >= 11 is 0. The van der Waals surface area contributed by atoms with E-state index in [1.54, 1.807) is 18.3 Å². The highest BCUT2D eigenvalue weighted by atomic mass is 16.4. The van der Waals surface area contributed by atoms with Crippen molar-refractivity contribution in [1.82, 2.24) is 4.98 Å². The molecule has 0 aliphatic heterocycles. The van der Waals surface area contributed by atoms with Crippen LogP contribution in [-0.2, 0) is 15.0 Å². The largest absolute Gasteiger partial charge is 0.481 e. The Kier molecular flexibility index (Phi) is 5.01. The minimum atomic E-state index is -1.12. The van der Waals surface area contributed by atoms with E-state index in [0.29, 0.717) is 5.56 Å². The monoisotopic (exact) mass is 262 g/mol. The summed E-state index contributed by atoms with van der Waals surface area (Å²) in [5, 5.41) is 26.9. The summed E-state index contributed by atoms with van der Waals surface area (Å²) in [6.07, 6.45) is 2.77. The Bertz CT molecular complexity index is 475. The molecule has 0 fully saturated rings. The van der Waals surface area contributed by atoms with Crippen molar-refractivity contribution in [2.75, 3.05) is 0 Å². The zero-order valence-corrected chi connectivity index (χ0v) is 10.2. The van der Waals surface area contributed by atoms with Crippen LogP contribution in [0.3, 0.4) is 0 Å². The summed E-state index contributed by atoms with van der Waals surface area (Å²) in [6, 6.07) is 5.38. The van der Waals surface area contributed by atoms with Crippen molar-refractivity contribution in [3.05, 3.63) is 30.1 Å². The Morgan fingerprint density at radius 1 is 1.26 bits per heavy atom. The van der Waals surface area contributed by atoms with Gasteiger partial charge >= 0.3 is 11.9 Å². The number of hydrogen-bond acceptors (Lipinski definition) is 4. The van der Waals surface area contributed by atoms with Gasteiger partial charge in [-0.3, -0.25) is 14.6 Å². The van der Waals surface area contributed by atoms with Gasteiger partial charge in [0.15, 0.2) is 0 Å². The summed E-state index contributed by atoms with van der Waals surface area (Å²) in [5.74, 6) is -2.03. The van der Waals surface area contributed by atoms with Gasteiger partial charge in [0.1, 0.15) is 0 Å². The molecule has 0 atom stereocenters. The van der Waals surface area contributed by atoms with Gasteiger partial charge in [0.05, 0.1) is 11.5 Å². The second kappa shape index (κ2) is 6.50. The van der Waals surface area contributed by atoms with Crippen LogP contribution in [0.25, 0.3) is 0 Å². The van der Waals surface area contributed by atoms with Gasteiger partial charge in [-0.05, 0) is 24.5 Å². The van der Waals surface area contributed by atoms with E-state index in [0.717, 1.165) is 0 Å². The zero-order chi connectivity index (χ0) is 14.3. The van der Waals surface area contributed by atoms with E-state index in [9.17, 15) is 14.9 Å². The second-order valence-electron chi connectivity index (χ2n) is 4.22. The van der Waals surface area contributed by atoms with Gasteiger partial charge in [-0.25, -0.2) is 0 Å². The average molecular weight is 262 g/mol. The molecule has 0 aliphatic carbocycles. The van der Waals surface area contributed by atoms with Crippen molar-refractivity contribution >= 4 is 11.9 Å². The molecule has 2 N–H and O–H groups in total. The van der Waals surface area contributed by atoms with Crippen LogP contribution >= 0.6 is 0 Å². The molecule has 100 valence electrons. The van der Waals surface area contributed by atoms with Gasteiger partial charge in [-0.2, -0.15) is 5.26 Å². The Morgan fingerprint density at radius 2 is 1.84 bits per heavy atom. The lowest BCUT2D eigenvalue weighted by atomic mass is 9.75. The average Bonchev–Trinajstić information content (AvgIpc) is 2.40. The zero-order valence-electron chi connectivity index (χ0n) is 10.2. The molecule has 1 aromatic rings. The number of pyridine rings is 1. The molecule has 0 amide bonds. The fraction of sp³-hybridized carbons (Fsp3) is 0.385. The van der Waals surface area contributed by atoms with Crippen LogP contribution in [0.5, 0.6) is 0 Å². The predicted octanol–water partition coefficient (Wildman–Crippen LogP) is 1.57. The smallest absolute Gasteiger partial charge is 0.303 e. The first-order valence-electron chi connectivity index (χ1n) is 5.75. The quantitative estimate of drug-likeness (QED) is 0.771. The van der Waals surface area contributed by atoms with Crippen molar-refractivity contribution in [2.45, 2.75) is 31.1 Å². The van der Waals surface area contributed by atoms with Crippen LogP contribution in [0.4, 0.5) is 0 Å². The molecule has 0 aliphatic rings. The van der Waals surface area contributed by atoms with Crippen LogP contribution < -0.4 is 0 Å². The maximum atomic E-state index is 10.7. The molecule has 1 heterocycles. The van der Waals surface area contributed by atoms with Gasteiger partial charge in [0, 0.05) is 25.2 Å². The summed E-state index contributed by atoms with van der Waals surface area (Å²) in [5.41, 5.74) is -0.564. The fourth-order valence-corrected chi connectivity index (χ4v) is 1.88. The van der Waals surface area contributed by atoms with Gasteiger partial charge in [0.2, 0.25) is 0 Å². The first-order chi connectivity index (χ1) is 9.00. The summed E-state index contributed by atoms with van der Waals surface area (Å²) < 4.78 is 0. The number of nitrogens with zero attached hydrogens (tertiary/aromatic N) is 2. The molecular weight excluding hydrogens is 248 g/mol. The number of carboxylic acids is 2. The number of carbonyl (C=O) groups is 2. The second-order valence-corrected chi connectivity index (χ2v) is 4.22. The van der Waals surface area contributed by atoms with Crippen LogP contribution in [-0.4, -0.2) is 27.1 Å². The van der Waals surface area contributed by atoms with Crippen molar-refractivity contribution in [1.29, 1.82) is 5.26 Å². The molecule has 1 aromatic heterocycles. The van der Waals surface area contributed by atoms with Crippen molar-refractivity contribution in [2.24, 2.45) is 0 Å². The van der Waals surface area contributed by atoms with E-state index in [2.05, 4.69) is 11.1 Å². The topological polar surface area (TPSA) is 111 Å². The fourth-order valence-electron chi connectivity index (χ4n) is 1.88. The van der Waals surface area contributed by atoms with E-state index in [1.165, 1.54) is 6.20 Å². The SMILES string of the molecule is N#CC(CCC(=O)O)(CCC(=O)O)c1cccnc1. The molecule has 0 unspecified atom stereocenters. The van der Waals surface area contributed by atoms with Crippen LogP contribution in [0, 0.1) is 11.3 Å². The standard InChI is InChI=1S/C13H14N2O4/c14-9-13(5-3-11(16)17,6-4-12(18)19)10-2-1-7-15-8-10/h1-2,7-8H,3-6H2,(H,16,17)(H,18,19). The number of aliphatic carboxylic acids is 2. The molecule has 0 saturated carbocycles. The van der Waals surface area contributed by atoms with Gasteiger partial charge in [-0.15, -0.1) is 0 Å². The summed E-state index contributed by atoms with van der Waals surface area (Å²) in [4.78, 5) is 25.3. The minimum Gasteiger partial charge on any atom is -0.481 e. The van der Waals surface area contributed by atoms with Gasteiger partial charge in [-0.1, -0.05) is 6.07 Å². The van der Waals surface area contributed by atoms with Crippen LogP contribution in [0.1, 0.15) is 31.2 Å². The molecule has 0 aromatic carbocycles. The van der Waals surface area contributed by atoms with Crippen LogP contribution in [0.2, 0.25) is 0 Å². The third-order valence-corrected chi connectivity index (χ3v) is 2.96. The first-order valence-corrected chi connectivity index (χ1v) is 5.75. The Morgan fingerprint density at radius 3 is 2.21 bits per heavy atom. The van der Waals surface area contributed by atoms with E-state index < -0.39 is 17.4 Å². The number of aromatic nitrogens is 1. The van der Waals surface area contributed by atoms with Crippen molar-refractivity contribution in [3.63, 3.8) is 0 Å². The van der Waals surface area contributed by atoms with Crippen molar-refractivity contribution < 1.29 is 19.8 Å². The molecule has 0 radical (unpaired) electrons. The number of hydrogen-bond donors (Lipinski definition) is 2. The highest BCUT2D eigenvalue weighted by molar-refractivity contribution is 5.68. The summed E-state index contributed by atoms with van der Waals surface area (Å²) in [7, 11) is 0. The number of nitriles is 1. The highest BCUT2D eigenvalue weighted by Gasteiger charge is 2.33. The number of rotatable bonds is 7. The molecule has 19 heavy (non-hydrogen) atoms. The minimum absolute atomic E-state index is 0.0673. The predicted molar refractivity (Wildman–Crippen MR) is 65.3 cm³/mol. The van der Waals surface area contributed by atoms with E-state index in [-0.39, 0.29) is 25.7 Å². The van der Waals surface area contributed by atoms with Crippen LogP contribution in [0.15, 0.2) is 24.5 Å². The van der Waals surface area contributed by atoms with E-state index in [4.69, 9.17) is 10.2 Å². The molecule has 1 rings (SSSR count). The molecular formula is C13H14N2O4. The van der Waals surface area contributed by atoms with Gasteiger partial charge < -0.3 is 10.2 Å². The highest BCUT2D eigenvalue weighted by Crippen LogP contribution is 2.33. The molecule has 0 bridgehead atoms. The molecule has 6 heteroatoms. The lowest BCUT2D eigenvalue weighted by Crippen LogP contribution is -2.26. The maximum absolute atomic E-state index is 10.7. The third-order valence-electron chi connectivity index (χ3n) is 2.96. The number of carboxylic acid groups (broad SMARTS) is 2. The maximum Gasteiger partial charge on any atom is 0.303 e. The Labute approximate surface area is 110 Å². The summed E-state index contributed by atoms with van der Waals surface area (Å²) in [6.45, 7) is 0. The lowest BCUT2D eigenvalue weighted by molar-refractivity contribution is -0.137. The Balaban J connectivity index is 3.03. The molecule has 6 nitrogen and oxygen atoms in total. The van der Waals surface area contributed by atoms with E-state index >= 15 is 0 Å².